The first-order valence-electron chi connectivity index (χ1n) is 6.50. The number of hydrogen-bond acceptors (Lipinski definition) is 5. The van der Waals surface area contributed by atoms with Crippen molar-refractivity contribution in [1.82, 2.24) is 4.90 Å². The number of amides is 1. The molecule has 1 N–H and O–H groups in total. The molecular weight excluding hydrogens is 250 g/mol. The second-order valence-electron chi connectivity index (χ2n) is 6.25. The van der Waals surface area contributed by atoms with Gasteiger partial charge in [-0.1, -0.05) is 0 Å². The Kier molecular flexibility index (Phi) is 3.24. The van der Waals surface area contributed by atoms with Crippen molar-refractivity contribution in [3.8, 4) is 0 Å². The third-order valence-electron chi connectivity index (χ3n) is 3.79. The first-order chi connectivity index (χ1) is 8.71. The van der Waals surface area contributed by atoms with Gasteiger partial charge in [-0.05, 0) is 33.6 Å². The van der Waals surface area contributed by atoms with Crippen molar-refractivity contribution in [3.63, 3.8) is 0 Å². The van der Waals surface area contributed by atoms with Gasteiger partial charge in [0.2, 0.25) is 0 Å². The average Bonchev–Trinajstić information content (AvgIpc) is 2.78. The number of aliphatic hydroxyl groups excluding tert-OH is 1. The zero-order chi connectivity index (χ0) is 14.4. The minimum Gasteiger partial charge on any atom is -0.467 e. The Morgan fingerprint density at radius 1 is 1.37 bits per heavy atom. The number of esters is 1. The summed E-state index contributed by atoms with van der Waals surface area (Å²) in [6.45, 7) is 5.30. The smallest absolute Gasteiger partial charge is 0.411 e. The maximum absolute atomic E-state index is 12.3. The summed E-state index contributed by atoms with van der Waals surface area (Å²) in [7, 11) is 1.29. The van der Waals surface area contributed by atoms with Crippen molar-refractivity contribution >= 4 is 12.1 Å². The highest BCUT2D eigenvalue weighted by atomic mass is 16.6. The first kappa shape index (κ1) is 14.1. The summed E-state index contributed by atoms with van der Waals surface area (Å²) in [6.07, 6.45) is 0.0806. The zero-order valence-electron chi connectivity index (χ0n) is 11.8. The lowest BCUT2D eigenvalue weighted by molar-refractivity contribution is -0.152. The monoisotopic (exact) mass is 271 g/mol. The predicted octanol–water partition coefficient (Wildman–Crippen LogP) is 1.06. The van der Waals surface area contributed by atoms with Crippen LogP contribution in [0.4, 0.5) is 4.79 Å². The number of carbonyl (C=O) groups excluding carboxylic acids is 2. The van der Waals surface area contributed by atoms with Crippen LogP contribution in [-0.4, -0.2) is 52.5 Å². The van der Waals surface area contributed by atoms with Gasteiger partial charge in [0.25, 0.3) is 0 Å². The Bertz CT molecular complexity index is 402. The fraction of sp³-hybridized carbons (Fsp3) is 0.846. The average molecular weight is 271 g/mol. The second kappa shape index (κ2) is 4.37. The molecular formula is C13H21NO5. The largest absolute Gasteiger partial charge is 0.467 e. The normalized spacial score (nSPS) is 33.4. The molecule has 6 nitrogen and oxygen atoms in total. The van der Waals surface area contributed by atoms with E-state index in [2.05, 4.69) is 0 Å². The Morgan fingerprint density at radius 3 is 2.47 bits per heavy atom. The van der Waals surface area contributed by atoms with Gasteiger partial charge < -0.3 is 14.6 Å². The summed E-state index contributed by atoms with van der Waals surface area (Å²) in [5.41, 5.74) is -1.69. The molecule has 6 heteroatoms. The molecule has 0 aromatic heterocycles. The van der Waals surface area contributed by atoms with E-state index >= 15 is 0 Å². The van der Waals surface area contributed by atoms with E-state index in [4.69, 9.17) is 9.47 Å². The van der Waals surface area contributed by atoms with Crippen molar-refractivity contribution in [1.29, 1.82) is 0 Å². The van der Waals surface area contributed by atoms with Crippen molar-refractivity contribution in [2.24, 2.45) is 0 Å². The summed E-state index contributed by atoms with van der Waals surface area (Å²) < 4.78 is 10.2. The zero-order valence-corrected chi connectivity index (χ0v) is 11.8. The molecule has 2 aliphatic heterocycles. The first-order valence-corrected chi connectivity index (χ1v) is 6.50. The van der Waals surface area contributed by atoms with Crippen LogP contribution in [0.5, 0.6) is 0 Å². The Balaban J connectivity index is 2.28. The molecule has 0 aliphatic carbocycles. The molecule has 2 rings (SSSR count). The summed E-state index contributed by atoms with van der Waals surface area (Å²) in [5.74, 6) is -0.475. The predicted molar refractivity (Wildman–Crippen MR) is 66.5 cm³/mol. The van der Waals surface area contributed by atoms with Crippen molar-refractivity contribution in [2.75, 3.05) is 7.11 Å². The van der Waals surface area contributed by atoms with Gasteiger partial charge in [-0.3, -0.25) is 4.90 Å². The maximum Gasteiger partial charge on any atom is 0.411 e. The SMILES string of the molecule is COC(=O)[C@]12CC[C@H]([C@H](O)C1)N2C(=O)OC(C)(C)C. The van der Waals surface area contributed by atoms with Crippen LogP contribution in [0.25, 0.3) is 0 Å². The lowest BCUT2D eigenvalue weighted by atomic mass is 9.86. The number of hydrogen-bond donors (Lipinski definition) is 1. The third-order valence-corrected chi connectivity index (χ3v) is 3.79. The lowest BCUT2D eigenvalue weighted by Crippen LogP contribution is -2.52. The number of carbonyl (C=O) groups is 2. The number of ether oxygens (including phenoxy) is 2. The van der Waals surface area contributed by atoms with Crippen LogP contribution in [0.15, 0.2) is 0 Å². The Hall–Kier alpha value is -1.30. The standard InChI is InChI=1S/C13H21NO5/c1-12(2,3)19-11(17)14-8-5-6-13(14,7-9(8)15)10(16)18-4/h8-9,15H,5-7H2,1-4H3/t8-,9-,13+/m1/s1. The van der Waals surface area contributed by atoms with E-state index in [1.807, 2.05) is 0 Å². The van der Waals surface area contributed by atoms with Gasteiger partial charge in [0, 0.05) is 6.42 Å². The van der Waals surface area contributed by atoms with Gasteiger partial charge >= 0.3 is 12.1 Å². The van der Waals surface area contributed by atoms with Crippen LogP contribution >= 0.6 is 0 Å². The van der Waals surface area contributed by atoms with Gasteiger partial charge in [-0.15, -0.1) is 0 Å². The van der Waals surface area contributed by atoms with E-state index < -0.39 is 29.3 Å². The molecule has 3 atom stereocenters. The molecule has 2 fully saturated rings. The van der Waals surface area contributed by atoms with E-state index in [1.54, 1.807) is 20.8 Å². The van der Waals surface area contributed by atoms with Gasteiger partial charge in [0.1, 0.15) is 11.1 Å². The molecule has 1 amide bonds. The molecule has 0 saturated carbocycles. The molecule has 2 saturated heterocycles. The summed E-state index contributed by atoms with van der Waals surface area (Å²) >= 11 is 0. The van der Waals surface area contributed by atoms with Crippen molar-refractivity contribution < 1.29 is 24.2 Å². The van der Waals surface area contributed by atoms with E-state index in [0.29, 0.717) is 12.8 Å². The molecule has 19 heavy (non-hydrogen) atoms. The molecule has 0 spiro atoms. The fourth-order valence-corrected chi connectivity index (χ4v) is 3.10. The Labute approximate surface area is 112 Å². The van der Waals surface area contributed by atoms with E-state index in [1.165, 1.54) is 12.0 Å². The van der Waals surface area contributed by atoms with Crippen LogP contribution in [0.1, 0.15) is 40.0 Å². The van der Waals surface area contributed by atoms with Gasteiger partial charge in [0.05, 0.1) is 19.3 Å². The highest BCUT2D eigenvalue weighted by Crippen LogP contribution is 2.47. The lowest BCUT2D eigenvalue weighted by Gasteiger charge is -2.33. The quantitative estimate of drug-likeness (QED) is 0.722. The van der Waals surface area contributed by atoms with Crippen LogP contribution in [0.3, 0.4) is 0 Å². The van der Waals surface area contributed by atoms with Gasteiger partial charge in [-0.2, -0.15) is 0 Å². The van der Waals surface area contributed by atoms with Gasteiger partial charge in [-0.25, -0.2) is 9.59 Å². The highest BCUT2D eigenvalue weighted by molar-refractivity contribution is 5.88. The Morgan fingerprint density at radius 2 is 2.00 bits per heavy atom. The number of aliphatic hydroxyl groups is 1. The number of methoxy groups -OCH3 is 1. The number of rotatable bonds is 1. The molecule has 108 valence electrons. The van der Waals surface area contributed by atoms with Crippen molar-refractivity contribution in [2.45, 2.75) is 63.3 Å². The van der Waals surface area contributed by atoms with E-state index in [9.17, 15) is 14.7 Å². The van der Waals surface area contributed by atoms with Crippen molar-refractivity contribution in [3.05, 3.63) is 0 Å². The fourth-order valence-electron chi connectivity index (χ4n) is 3.10. The summed E-state index contributed by atoms with van der Waals surface area (Å²) in [4.78, 5) is 25.7. The molecule has 0 aromatic rings. The molecule has 2 aliphatic rings. The van der Waals surface area contributed by atoms with Crippen LogP contribution < -0.4 is 0 Å². The highest BCUT2D eigenvalue weighted by Gasteiger charge is 2.64. The molecule has 2 bridgehead atoms. The molecule has 0 unspecified atom stereocenters. The summed E-state index contributed by atoms with van der Waals surface area (Å²) in [5, 5.41) is 9.99. The van der Waals surface area contributed by atoms with E-state index in [-0.39, 0.29) is 12.5 Å². The number of nitrogens with zero attached hydrogens (tertiary/aromatic N) is 1. The minimum atomic E-state index is -1.05. The maximum atomic E-state index is 12.3. The van der Waals surface area contributed by atoms with Crippen LogP contribution in [-0.2, 0) is 14.3 Å². The molecule has 0 radical (unpaired) electrons. The molecule has 2 heterocycles. The number of fused-ring (bicyclic) bond motifs is 2. The third kappa shape index (κ3) is 2.18. The van der Waals surface area contributed by atoms with E-state index in [0.717, 1.165) is 0 Å². The van der Waals surface area contributed by atoms with Crippen LogP contribution in [0.2, 0.25) is 0 Å². The van der Waals surface area contributed by atoms with Gasteiger partial charge in [0.15, 0.2) is 0 Å². The summed E-state index contributed by atoms with van der Waals surface area (Å²) in [6, 6.07) is -0.353. The van der Waals surface area contributed by atoms with Crippen LogP contribution in [0, 0.1) is 0 Å². The second-order valence-corrected chi connectivity index (χ2v) is 6.25. The molecule has 0 aromatic carbocycles. The minimum absolute atomic E-state index is 0.226. The topological polar surface area (TPSA) is 76.1 Å².